The molecule has 4 rings (SSSR count). The molecule has 1 amide bonds. The summed E-state index contributed by atoms with van der Waals surface area (Å²) in [5.74, 6) is 0.540. The molecule has 1 heterocycles. The lowest BCUT2D eigenvalue weighted by Crippen LogP contribution is -2.46. The number of phenols is 1. The maximum Gasteiger partial charge on any atom is 0.255 e. The fraction of sp³-hybridized carbons (Fsp3) is 0.500. The van der Waals surface area contributed by atoms with Gasteiger partial charge in [0.15, 0.2) is 0 Å². The van der Waals surface area contributed by atoms with Crippen molar-refractivity contribution in [2.75, 3.05) is 42.9 Å². The van der Waals surface area contributed by atoms with Crippen LogP contribution in [0.2, 0.25) is 0 Å². The molecule has 0 spiro atoms. The van der Waals surface area contributed by atoms with Gasteiger partial charge in [-0.1, -0.05) is 32.6 Å². The Morgan fingerprint density at radius 3 is 2.29 bits per heavy atom. The minimum absolute atomic E-state index is 0.126. The molecule has 166 valence electrons. The third-order valence-electron chi connectivity index (χ3n) is 6.89. The van der Waals surface area contributed by atoms with Gasteiger partial charge < -0.3 is 20.2 Å². The molecule has 31 heavy (non-hydrogen) atoms. The molecule has 1 saturated heterocycles. The molecule has 0 unspecified atom stereocenters. The average molecular weight is 422 g/mol. The van der Waals surface area contributed by atoms with E-state index < -0.39 is 0 Å². The maximum absolute atomic E-state index is 12.9. The number of likely N-dealkylation sites (N-methyl/N-ethyl adjacent to an activating group) is 1. The topological polar surface area (TPSA) is 55.8 Å². The number of amides is 1. The van der Waals surface area contributed by atoms with Gasteiger partial charge in [-0.2, -0.15) is 0 Å². The summed E-state index contributed by atoms with van der Waals surface area (Å²) in [7, 11) is 0. The standard InChI is InChI=1S/C26H35N3O2/c1-2-28-15-17-29(18-16-28)23-12-10-22(11-13-23)27-26(31)21-9-14-25(30)24(19-21)20-7-5-3-4-6-8-20/h9-14,19-20,30H,2-8,15-18H2,1H3,(H,27,31). The van der Waals surface area contributed by atoms with Crippen LogP contribution in [0.25, 0.3) is 0 Å². The molecule has 0 radical (unpaired) electrons. The third kappa shape index (κ3) is 5.40. The second-order valence-corrected chi connectivity index (χ2v) is 8.88. The SMILES string of the molecule is CCN1CCN(c2ccc(NC(=O)c3ccc(O)c(C4CCCCCC4)c3)cc2)CC1. The number of anilines is 2. The molecular weight excluding hydrogens is 386 g/mol. The van der Waals surface area contributed by atoms with Crippen molar-refractivity contribution >= 4 is 17.3 Å². The van der Waals surface area contributed by atoms with E-state index in [9.17, 15) is 9.90 Å². The third-order valence-corrected chi connectivity index (χ3v) is 6.89. The first-order chi connectivity index (χ1) is 15.1. The number of carbonyl (C=O) groups excluding carboxylic acids is 1. The molecule has 0 atom stereocenters. The lowest BCUT2D eigenvalue weighted by molar-refractivity contribution is 0.102. The summed E-state index contributed by atoms with van der Waals surface area (Å²) in [6.45, 7) is 7.59. The average Bonchev–Trinajstić information content (AvgIpc) is 3.09. The number of benzene rings is 2. The van der Waals surface area contributed by atoms with Gasteiger partial charge in [0.25, 0.3) is 5.91 Å². The van der Waals surface area contributed by atoms with Gasteiger partial charge >= 0.3 is 0 Å². The zero-order valence-electron chi connectivity index (χ0n) is 18.6. The second kappa shape index (κ2) is 10.2. The normalized spacial score (nSPS) is 18.5. The highest BCUT2D eigenvalue weighted by Gasteiger charge is 2.20. The van der Waals surface area contributed by atoms with Crippen LogP contribution in [0.3, 0.4) is 0 Å². The molecule has 1 aliphatic heterocycles. The Morgan fingerprint density at radius 1 is 0.968 bits per heavy atom. The molecule has 5 nitrogen and oxygen atoms in total. The first-order valence-corrected chi connectivity index (χ1v) is 11.9. The van der Waals surface area contributed by atoms with E-state index in [4.69, 9.17) is 0 Å². The van der Waals surface area contributed by atoms with Gasteiger partial charge in [-0.3, -0.25) is 4.79 Å². The lowest BCUT2D eigenvalue weighted by atomic mass is 9.90. The molecule has 1 saturated carbocycles. The van der Waals surface area contributed by atoms with Crippen molar-refractivity contribution in [3.05, 3.63) is 53.6 Å². The van der Waals surface area contributed by atoms with E-state index >= 15 is 0 Å². The minimum Gasteiger partial charge on any atom is -0.508 e. The number of aromatic hydroxyl groups is 1. The zero-order chi connectivity index (χ0) is 21.6. The molecule has 2 aromatic rings. The summed E-state index contributed by atoms with van der Waals surface area (Å²) in [6.07, 6.45) is 7.10. The molecule has 2 fully saturated rings. The van der Waals surface area contributed by atoms with Gasteiger partial charge in [-0.05, 0) is 73.3 Å². The van der Waals surface area contributed by atoms with E-state index in [-0.39, 0.29) is 5.91 Å². The predicted molar refractivity (Wildman–Crippen MR) is 127 cm³/mol. The Hall–Kier alpha value is -2.53. The number of carbonyl (C=O) groups is 1. The van der Waals surface area contributed by atoms with Gasteiger partial charge in [0.05, 0.1) is 0 Å². The molecule has 2 aliphatic rings. The number of piperazine rings is 1. The molecule has 2 N–H and O–H groups in total. The van der Waals surface area contributed by atoms with Crippen molar-refractivity contribution in [3.8, 4) is 5.75 Å². The van der Waals surface area contributed by atoms with Crippen LogP contribution in [0.1, 0.15) is 67.3 Å². The van der Waals surface area contributed by atoms with Gasteiger partial charge in [0.2, 0.25) is 0 Å². The van der Waals surface area contributed by atoms with Gasteiger partial charge in [0, 0.05) is 43.1 Å². The zero-order valence-corrected chi connectivity index (χ0v) is 18.6. The Bertz CT molecular complexity index is 865. The summed E-state index contributed by atoms with van der Waals surface area (Å²) in [4.78, 5) is 17.7. The number of rotatable bonds is 5. The highest BCUT2D eigenvalue weighted by atomic mass is 16.3. The van der Waals surface area contributed by atoms with Crippen LogP contribution in [0.5, 0.6) is 5.75 Å². The van der Waals surface area contributed by atoms with Gasteiger partial charge in [0.1, 0.15) is 5.75 Å². The molecular formula is C26H35N3O2. The highest BCUT2D eigenvalue weighted by molar-refractivity contribution is 6.04. The monoisotopic (exact) mass is 421 g/mol. The van der Waals surface area contributed by atoms with E-state index in [1.165, 1.54) is 31.4 Å². The van der Waals surface area contributed by atoms with E-state index in [0.29, 0.717) is 17.2 Å². The largest absolute Gasteiger partial charge is 0.508 e. The molecule has 5 heteroatoms. The molecule has 0 aromatic heterocycles. The summed E-state index contributed by atoms with van der Waals surface area (Å²) in [5.41, 5.74) is 3.53. The van der Waals surface area contributed by atoms with Gasteiger partial charge in [-0.15, -0.1) is 0 Å². The van der Waals surface area contributed by atoms with Crippen LogP contribution < -0.4 is 10.2 Å². The number of nitrogens with one attached hydrogen (secondary N) is 1. The van der Waals surface area contributed by atoms with Crippen molar-refractivity contribution in [2.45, 2.75) is 51.4 Å². The Labute approximate surface area is 186 Å². The van der Waals surface area contributed by atoms with E-state index in [0.717, 1.165) is 56.8 Å². The maximum atomic E-state index is 12.9. The predicted octanol–water partition coefficient (Wildman–Crippen LogP) is 5.22. The first-order valence-electron chi connectivity index (χ1n) is 11.9. The van der Waals surface area contributed by atoms with Crippen molar-refractivity contribution in [1.29, 1.82) is 0 Å². The fourth-order valence-corrected chi connectivity index (χ4v) is 4.89. The molecule has 0 bridgehead atoms. The molecule has 2 aromatic carbocycles. The van der Waals surface area contributed by atoms with Crippen LogP contribution in [-0.2, 0) is 0 Å². The summed E-state index contributed by atoms with van der Waals surface area (Å²) >= 11 is 0. The van der Waals surface area contributed by atoms with Crippen LogP contribution in [-0.4, -0.2) is 48.6 Å². The van der Waals surface area contributed by atoms with E-state index in [1.807, 2.05) is 18.2 Å². The Balaban J connectivity index is 1.40. The Kier molecular flexibility index (Phi) is 7.13. The number of hydrogen-bond donors (Lipinski definition) is 2. The summed E-state index contributed by atoms with van der Waals surface area (Å²) in [6, 6.07) is 13.4. The van der Waals surface area contributed by atoms with Crippen molar-refractivity contribution in [3.63, 3.8) is 0 Å². The van der Waals surface area contributed by atoms with Crippen molar-refractivity contribution in [1.82, 2.24) is 4.90 Å². The smallest absolute Gasteiger partial charge is 0.255 e. The summed E-state index contributed by atoms with van der Waals surface area (Å²) < 4.78 is 0. The second-order valence-electron chi connectivity index (χ2n) is 8.88. The first kappa shape index (κ1) is 21.7. The highest BCUT2D eigenvalue weighted by Crippen LogP contribution is 2.36. The van der Waals surface area contributed by atoms with Crippen molar-refractivity contribution in [2.24, 2.45) is 0 Å². The van der Waals surface area contributed by atoms with Crippen LogP contribution in [0, 0.1) is 0 Å². The van der Waals surface area contributed by atoms with Crippen LogP contribution in [0.4, 0.5) is 11.4 Å². The Morgan fingerprint density at radius 2 is 1.65 bits per heavy atom. The number of hydrogen-bond acceptors (Lipinski definition) is 4. The number of phenolic OH excluding ortho intramolecular Hbond substituents is 1. The fourth-order valence-electron chi connectivity index (χ4n) is 4.89. The van der Waals surface area contributed by atoms with Crippen LogP contribution in [0.15, 0.2) is 42.5 Å². The van der Waals surface area contributed by atoms with Gasteiger partial charge in [-0.25, -0.2) is 0 Å². The number of nitrogens with zero attached hydrogens (tertiary/aromatic N) is 2. The van der Waals surface area contributed by atoms with Crippen LogP contribution >= 0.6 is 0 Å². The summed E-state index contributed by atoms with van der Waals surface area (Å²) in [5, 5.41) is 13.4. The van der Waals surface area contributed by atoms with Crippen molar-refractivity contribution < 1.29 is 9.90 Å². The van der Waals surface area contributed by atoms with E-state index in [1.54, 1.807) is 12.1 Å². The quantitative estimate of drug-likeness (QED) is 0.650. The minimum atomic E-state index is -0.126. The molecule has 1 aliphatic carbocycles. The van der Waals surface area contributed by atoms with E-state index in [2.05, 4.69) is 34.2 Å². The lowest BCUT2D eigenvalue weighted by Gasteiger charge is -2.35.